The lowest BCUT2D eigenvalue weighted by Crippen LogP contribution is -2.35. The zero-order chi connectivity index (χ0) is 14.0. The predicted molar refractivity (Wildman–Crippen MR) is 81.7 cm³/mol. The summed E-state index contributed by atoms with van der Waals surface area (Å²) < 4.78 is 0. The Morgan fingerprint density at radius 1 is 1.26 bits per heavy atom. The topological polar surface area (TPSA) is 37.8 Å². The number of nitrogens with one attached hydrogen (secondary N) is 1. The van der Waals surface area contributed by atoms with Gasteiger partial charge in [-0.2, -0.15) is 0 Å². The largest absolute Gasteiger partial charge is 0.306 e. The van der Waals surface area contributed by atoms with Crippen LogP contribution in [-0.4, -0.2) is 15.7 Å². The van der Waals surface area contributed by atoms with Crippen molar-refractivity contribution in [2.45, 2.75) is 39.8 Å². The molecule has 1 aromatic carbocycles. The van der Waals surface area contributed by atoms with Crippen molar-refractivity contribution in [3.8, 4) is 10.6 Å². The minimum Gasteiger partial charge on any atom is -0.306 e. The third-order valence-corrected chi connectivity index (χ3v) is 4.10. The number of aromatic nitrogens is 2. The Labute approximate surface area is 123 Å². The summed E-state index contributed by atoms with van der Waals surface area (Å²) in [6, 6.07) is 5.87. The van der Waals surface area contributed by atoms with Gasteiger partial charge in [-0.1, -0.05) is 35.1 Å². The van der Waals surface area contributed by atoms with Crippen LogP contribution in [0.25, 0.3) is 10.6 Å². The normalized spacial score (nSPS) is 11.8. The molecule has 0 atom stereocenters. The molecule has 0 bridgehead atoms. The average molecular weight is 296 g/mol. The van der Waals surface area contributed by atoms with Crippen LogP contribution >= 0.6 is 22.9 Å². The maximum absolute atomic E-state index is 6.14. The molecule has 0 aliphatic carbocycles. The van der Waals surface area contributed by atoms with E-state index in [-0.39, 0.29) is 5.54 Å². The molecule has 0 fully saturated rings. The smallest absolute Gasteiger partial charge is 0.148 e. The number of benzene rings is 1. The van der Waals surface area contributed by atoms with Gasteiger partial charge in [0.25, 0.3) is 0 Å². The monoisotopic (exact) mass is 295 g/mol. The Bertz CT molecular complexity index is 572. The zero-order valence-electron chi connectivity index (χ0n) is 11.6. The molecule has 0 radical (unpaired) electrons. The molecular weight excluding hydrogens is 278 g/mol. The van der Waals surface area contributed by atoms with E-state index in [9.17, 15) is 0 Å². The Balaban J connectivity index is 2.19. The molecule has 0 amide bonds. The van der Waals surface area contributed by atoms with Gasteiger partial charge >= 0.3 is 0 Å². The third-order valence-electron chi connectivity index (χ3n) is 2.73. The standard InChI is InChI=1S/C14H18ClN3S/c1-9-10(6-5-7-11(9)15)13-18-17-12(19-13)8-16-14(2,3)4/h5-7,16H,8H2,1-4H3. The highest BCUT2D eigenvalue weighted by Crippen LogP contribution is 2.30. The lowest BCUT2D eigenvalue weighted by Gasteiger charge is -2.19. The van der Waals surface area contributed by atoms with Gasteiger partial charge in [0.2, 0.25) is 0 Å². The molecule has 0 saturated heterocycles. The summed E-state index contributed by atoms with van der Waals surface area (Å²) in [5.74, 6) is 0. The van der Waals surface area contributed by atoms with Crippen LogP contribution in [0.3, 0.4) is 0 Å². The molecule has 1 heterocycles. The zero-order valence-corrected chi connectivity index (χ0v) is 13.2. The van der Waals surface area contributed by atoms with Crippen LogP contribution in [0.4, 0.5) is 0 Å². The van der Waals surface area contributed by atoms with E-state index in [0.29, 0.717) is 0 Å². The summed E-state index contributed by atoms with van der Waals surface area (Å²) in [6.07, 6.45) is 0. The molecule has 102 valence electrons. The van der Waals surface area contributed by atoms with Crippen molar-refractivity contribution >= 4 is 22.9 Å². The highest BCUT2D eigenvalue weighted by molar-refractivity contribution is 7.14. The summed E-state index contributed by atoms with van der Waals surface area (Å²) in [5, 5.41) is 14.6. The van der Waals surface area contributed by atoms with E-state index in [4.69, 9.17) is 11.6 Å². The minimum atomic E-state index is 0.0812. The Hall–Kier alpha value is -0.970. The van der Waals surface area contributed by atoms with Gasteiger partial charge in [-0.3, -0.25) is 0 Å². The fraction of sp³-hybridized carbons (Fsp3) is 0.429. The summed E-state index contributed by atoms with van der Waals surface area (Å²) in [6.45, 7) is 9.15. The van der Waals surface area contributed by atoms with Crippen LogP contribution in [0.15, 0.2) is 18.2 Å². The average Bonchev–Trinajstić information content (AvgIpc) is 2.78. The van der Waals surface area contributed by atoms with E-state index in [0.717, 1.165) is 32.7 Å². The van der Waals surface area contributed by atoms with Crippen LogP contribution in [0.1, 0.15) is 31.3 Å². The number of halogens is 1. The summed E-state index contributed by atoms with van der Waals surface area (Å²) in [4.78, 5) is 0. The lowest BCUT2D eigenvalue weighted by molar-refractivity contribution is 0.423. The fourth-order valence-electron chi connectivity index (χ4n) is 1.61. The van der Waals surface area contributed by atoms with Gasteiger partial charge in [0.1, 0.15) is 10.0 Å². The minimum absolute atomic E-state index is 0.0812. The fourth-order valence-corrected chi connectivity index (χ4v) is 2.65. The van der Waals surface area contributed by atoms with Crippen molar-refractivity contribution in [1.29, 1.82) is 0 Å². The van der Waals surface area contributed by atoms with E-state index in [1.165, 1.54) is 0 Å². The molecule has 5 heteroatoms. The van der Waals surface area contributed by atoms with Crippen LogP contribution in [0, 0.1) is 6.92 Å². The van der Waals surface area contributed by atoms with Crippen molar-refractivity contribution in [3.05, 3.63) is 33.8 Å². The molecule has 0 saturated carbocycles. The van der Waals surface area contributed by atoms with Gasteiger partial charge in [-0.05, 0) is 39.3 Å². The Kier molecular flexibility index (Phi) is 4.23. The number of hydrogen-bond acceptors (Lipinski definition) is 4. The molecule has 1 N–H and O–H groups in total. The van der Waals surface area contributed by atoms with E-state index < -0.39 is 0 Å². The second-order valence-electron chi connectivity index (χ2n) is 5.52. The van der Waals surface area contributed by atoms with Crippen molar-refractivity contribution in [1.82, 2.24) is 15.5 Å². The first-order chi connectivity index (χ1) is 8.87. The van der Waals surface area contributed by atoms with Gasteiger partial charge in [-0.25, -0.2) is 0 Å². The van der Waals surface area contributed by atoms with Gasteiger partial charge < -0.3 is 5.32 Å². The van der Waals surface area contributed by atoms with Gasteiger partial charge in [0.15, 0.2) is 0 Å². The van der Waals surface area contributed by atoms with Crippen LogP contribution in [0.5, 0.6) is 0 Å². The first-order valence-corrected chi connectivity index (χ1v) is 7.39. The Morgan fingerprint density at radius 2 is 2.00 bits per heavy atom. The molecule has 1 aromatic heterocycles. The number of hydrogen-bond donors (Lipinski definition) is 1. The maximum Gasteiger partial charge on any atom is 0.148 e. The first kappa shape index (κ1) is 14.4. The molecule has 0 unspecified atom stereocenters. The van der Waals surface area contributed by atoms with Gasteiger partial charge in [-0.15, -0.1) is 10.2 Å². The highest BCUT2D eigenvalue weighted by Gasteiger charge is 2.13. The van der Waals surface area contributed by atoms with Crippen molar-refractivity contribution in [3.63, 3.8) is 0 Å². The molecule has 3 nitrogen and oxygen atoms in total. The quantitative estimate of drug-likeness (QED) is 0.928. The molecular formula is C14H18ClN3S. The number of rotatable bonds is 3. The molecule has 0 spiro atoms. The molecule has 2 aromatic rings. The van der Waals surface area contributed by atoms with Gasteiger partial charge in [0.05, 0.1) is 6.54 Å². The predicted octanol–water partition coefficient (Wildman–Crippen LogP) is 4.06. The summed E-state index contributed by atoms with van der Waals surface area (Å²) >= 11 is 7.74. The van der Waals surface area contributed by atoms with Crippen molar-refractivity contribution < 1.29 is 0 Å². The molecule has 2 rings (SSSR count). The maximum atomic E-state index is 6.14. The lowest BCUT2D eigenvalue weighted by atomic mass is 10.1. The second-order valence-corrected chi connectivity index (χ2v) is 6.99. The molecule has 0 aliphatic heterocycles. The van der Waals surface area contributed by atoms with E-state index in [1.54, 1.807) is 11.3 Å². The summed E-state index contributed by atoms with van der Waals surface area (Å²) in [7, 11) is 0. The van der Waals surface area contributed by atoms with E-state index in [1.807, 2.05) is 25.1 Å². The van der Waals surface area contributed by atoms with Crippen LogP contribution in [-0.2, 0) is 6.54 Å². The molecule has 19 heavy (non-hydrogen) atoms. The van der Waals surface area contributed by atoms with Crippen molar-refractivity contribution in [2.75, 3.05) is 0 Å². The van der Waals surface area contributed by atoms with Gasteiger partial charge in [0, 0.05) is 16.1 Å². The van der Waals surface area contributed by atoms with E-state index >= 15 is 0 Å². The van der Waals surface area contributed by atoms with Crippen LogP contribution < -0.4 is 5.32 Å². The summed E-state index contributed by atoms with van der Waals surface area (Å²) in [5.41, 5.74) is 2.19. The second kappa shape index (κ2) is 5.57. The van der Waals surface area contributed by atoms with E-state index in [2.05, 4.69) is 36.3 Å². The Morgan fingerprint density at radius 3 is 2.68 bits per heavy atom. The van der Waals surface area contributed by atoms with Crippen molar-refractivity contribution in [2.24, 2.45) is 0 Å². The highest BCUT2D eigenvalue weighted by atomic mass is 35.5. The molecule has 0 aliphatic rings. The first-order valence-electron chi connectivity index (χ1n) is 6.20. The SMILES string of the molecule is Cc1c(Cl)cccc1-c1nnc(CNC(C)(C)C)s1. The van der Waals surface area contributed by atoms with Crippen LogP contribution in [0.2, 0.25) is 5.02 Å². The third kappa shape index (κ3) is 3.75. The number of nitrogens with zero attached hydrogens (tertiary/aromatic N) is 2.